The molecule has 86 heavy (non-hydrogen) atoms. The lowest BCUT2D eigenvalue weighted by Gasteiger charge is -2.30. The standard InChI is InChI=1S/C55H50BF2N13O12P2S/c1-2-41(72)68-23-32-7-3-4-8-35(32)44-47(36-9-5-6-10-38(36)68)71(67-66-44)21-22-76-33-17-13-31(14-18-33)55(73)79-34-15-11-30(12-16-34)26-86-85(75)78-25-40-48(42(57)53(81-40)70-29-65-46-50(60)62-27-63-52(46)70)82-84(56,74)77-24-39-49(83-85)43(58)54(80-39)69-28-64-45-37(59)19-20-61-51(45)69/h3-20,27-29,39-40,42-43,48-49,53-54H,2,21-26H2,1H3,(H2,59,61)(H2,60,62,63)/t39-,40-,42-,43-,48-,49-,53-,54-,84-,85-/m1/s1. The molecule has 0 unspecified atom stereocenters. The SMILES string of the molecule is [B][P@@]1(=O)OC[C@H]2O[C@@H](n3cnc4c(N)ccnc43)[C@H](F)[C@@H]2O[P@](=O)(SCc2ccc(OC(=O)c3ccc(OCCn4nnc5c4-c4ccccc4N(C(=O)CC)Cc4ccccc4-5)cc3)cc2)OC[C@H]2O[C@@H](n3cnc4c(N)ncnc43)[C@H](F)[C@@H]2O1. The molecule has 2 radical (unpaired) electrons. The number of carbonyl (C=O) groups is 2. The second-order valence-corrected chi connectivity index (χ2v) is 25.8. The van der Waals surface area contributed by atoms with E-state index in [0.29, 0.717) is 47.9 Å². The summed E-state index contributed by atoms with van der Waals surface area (Å²) in [5.74, 6) is -0.0807. The van der Waals surface area contributed by atoms with Crippen LogP contribution in [0.3, 0.4) is 0 Å². The molecular formula is C55H50BF2N13O12P2S. The van der Waals surface area contributed by atoms with E-state index in [1.807, 2.05) is 55.5 Å². The molecule has 4 aromatic carbocycles. The Morgan fingerprint density at radius 2 is 1.43 bits per heavy atom. The zero-order valence-electron chi connectivity index (χ0n) is 45.3. The Labute approximate surface area is 492 Å². The van der Waals surface area contributed by atoms with Crippen molar-refractivity contribution in [3.8, 4) is 34.0 Å². The lowest BCUT2D eigenvalue weighted by molar-refractivity contribution is -0.118. The molecule has 0 aliphatic carbocycles. The number of nitrogens with two attached hydrogens (primary N) is 2. The number of hydrogen-bond donors (Lipinski definition) is 2. The summed E-state index contributed by atoms with van der Waals surface area (Å²) in [5.41, 5.74) is 18.6. The molecule has 0 bridgehead atoms. The monoisotopic (exact) mass is 1230 g/mol. The number of amides is 1. The minimum absolute atomic E-state index is 0.0103. The van der Waals surface area contributed by atoms with Gasteiger partial charge in [-0.05, 0) is 71.0 Å². The van der Waals surface area contributed by atoms with Crippen LogP contribution in [-0.2, 0) is 60.3 Å². The van der Waals surface area contributed by atoms with Crippen molar-refractivity contribution in [1.82, 2.24) is 49.0 Å². The normalized spacial score (nSPS) is 25.6. The summed E-state index contributed by atoms with van der Waals surface area (Å²) >= 11 is 0.665. The van der Waals surface area contributed by atoms with Crippen LogP contribution in [0.5, 0.6) is 11.5 Å². The second-order valence-electron chi connectivity index (χ2n) is 20.2. The van der Waals surface area contributed by atoms with Crippen LogP contribution in [0.4, 0.5) is 26.0 Å². The summed E-state index contributed by atoms with van der Waals surface area (Å²) in [6.45, 7) is -3.36. The Morgan fingerprint density at radius 3 is 2.17 bits per heavy atom. The van der Waals surface area contributed by atoms with Gasteiger partial charge in [0.1, 0.15) is 65.6 Å². The molecule has 440 valence electrons. The van der Waals surface area contributed by atoms with E-state index in [9.17, 15) is 14.2 Å². The second kappa shape index (κ2) is 23.4. The van der Waals surface area contributed by atoms with Gasteiger partial charge in [-0.2, -0.15) is 0 Å². The van der Waals surface area contributed by atoms with Crippen molar-refractivity contribution in [3.63, 3.8) is 0 Å². The first kappa shape index (κ1) is 57.1. The first-order chi connectivity index (χ1) is 41.6. The summed E-state index contributed by atoms with van der Waals surface area (Å²) in [4.78, 5) is 49.4. The minimum atomic E-state index is -4.73. The van der Waals surface area contributed by atoms with Crippen LogP contribution >= 0.6 is 25.7 Å². The molecule has 3 fully saturated rings. The summed E-state index contributed by atoms with van der Waals surface area (Å²) in [6.07, 6.45) is -8.46. The molecular weight excluding hydrogens is 1180 g/mol. The average Bonchev–Trinajstić information content (AvgIpc) is 2.70. The predicted octanol–water partition coefficient (Wildman–Crippen LogP) is 8.52. The number of nitrogens with zero attached hydrogens (tertiary/aromatic N) is 11. The van der Waals surface area contributed by atoms with Gasteiger partial charge in [0.15, 0.2) is 41.9 Å². The average molecular weight is 1230 g/mol. The molecule has 25 nitrogen and oxygen atoms in total. The fraction of sp³-hybridized carbons (Fsp3) is 0.291. The molecule has 9 heterocycles. The summed E-state index contributed by atoms with van der Waals surface area (Å²) in [5, 5.41) is 9.15. The maximum Gasteiger partial charge on any atom is 0.389 e. The molecule has 4 aliphatic heterocycles. The summed E-state index contributed by atoms with van der Waals surface area (Å²) < 4.78 is 115. The number of pyridine rings is 1. The maximum absolute atomic E-state index is 17.0. The van der Waals surface area contributed by atoms with Crippen LogP contribution in [0.25, 0.3) is 44.8 Å². The number of anilines is 3. The molecule has 4 aliphatic rings. The number of halogens is 2. The number of aromatic nitrogens is 10. The van der Waals surface area contributed by atoms with Crippen molar-refractivity contribution >= 4 is 84.6 Å². The first-order valence-corrected chi connectivity index (χ1v) is 31.7. The highest BCUT2D eigenvalue weighted by atomic mass is 32.7. The first-order valence-electron chi connectivity index (χ1n) is 27.0. The fourth-order valence-electron chi connectivity index (χ4n) is 10.6. The van der Waals surface area contributed by atoms with Gasteiger partial charge in [0.2, 0.25) is 13.5 Å². The highest BCUT2D eigenvalue weighted by molar-refractivity contribution is 8.54. The van der Waals surface area contributed by atoms with Gasteiger partial charge in [-0.15, -0.1) is 5.10 Å². The van der Waals surface area contributed by atoms with Gasteiger partial charge in [0.05, 0.1) is 61.6 Å². The Kier molecular flexibility index (Phi) is 15.5. The molecule has 10 atom stereocenters. The van der Waals surface area contributed by atoms with Crippen LogP contribution < -0.4 is 25.8 Å². The number of benzene rings is 4. The maximum atomic E-state index is 17.0. The van der Waals surface area contributed by atoms with E-state index in [0.717, 1.165) is 34.4 Å². The zero-order chi connectivity index (χ0) is 59.4. The van der Waals surface area contributed by atoms with E-state index in [4.69, 9.17) is 56.1 Å². The quantitative estimate of drug-likeness (QED) is 0.0501. The van der Waals surface area contributed by atoms with Crippen LogP contribution in [0, 0.1) is 0 Å². The molecule has 4 N–H and O–H groups in total. The van der Waals surface area contributed by atoms with Crippen molar-refractivity contribution < 1.29 is 64.5 Å². The summed E-state index contributed by atoms with van der Waals surface area (Å²) in [6, 6.07) is 29.8. The molecule has 1 amide bonds. The number of nitrogen functional groups attached to an aromatic ring is 2. The number of carbonyl (C=O) groups excluding carboxylic acids is 2. The number of hydrogen-bond acceptors (Lipinski definition) is 22. The number of alkyl halides is 2. The Hall–Kier alpha value is -7.98. The van der Waals surface area contributed by atoms with E-state index < -0.39 is 82.7 Å². The van der Waals surface area contributed by atoms with E-state index in [-0.39, 0.29) is 63.4 Å². The van der Waals surface area contributed by atoms with E-state index in [1.54, 1.807) is 46.0 Å². The zero-order valence-corrected chi connectivity index (χ0v) is 47.9. The lowest BCUT2D eigenvalue weighted by atomic mass is 9.95. The minimum Gasteiger partial charge on any atom is -0.492 e. The van der Waals surface area contributed by atoms with Crippen LogP contribution in [0.15, 0.2) is 128 Å². The topological polar surface area (TPSA) is 302 Å². The Bertz CT molecular complexity index is 4150. The third-order valence-electron chi connectivity index (χ3n) is 14.9. The molecule has 3 saturated heterocycles. The number of rotatable bonds is 12. The van der Waals surface area contributed by atoms with E-state index in [2.05, 4.69) is 35.2 Å². The van der Waals surface area contributed by atoms with Crippen molar-refractivity contribution in [3.05, 3.63) is 145 Å². The number of ether oxygens (including phenoxy) is 4. The molecule has 0 saturated carbocycles. The molecule has 9 aromatic rings. The highest BCUT2D eigenvalue weighted by Crippen LogP contribution is 2.65. The van der Waals surface area contributed by atoms with Crippen LogP contribution in [0.2, 0.25) is 0 Å². The third-order valence-corrected chi connectivity index (χ3v) is 19.6. The summed E-state index contributed by atoms with van der Waals surface area (Å²) in [7, 11) is 1.34. The largest absolute Gasteiger partial charge is 0.492 e. The molecule has 0 spiro atoms. The smallest absolute Gasteiger partial charge is 0.389 e. The number of esters is 1. The van der Waals surface area contributed by atoms with Crippen LogP contribution in [0.1, 0.15) is 47.3 Å². The lowest BCUT2D eigenvalue weighted by Crippen LogP contribution is -2.37. The Morgan fingerprint density at radius 1 is 0.767 bits per heavy atom. The van der Waals surface area contributed by atoms with Crippen molar-refractivity contribution in [2.45, 2.75) is 81.4 Å². The molecule has 13 rings (SSSR count). The van der Waals surface area contributed by atoms with Gasteiger partial charge in [0.25, 0.3) is 7.47 Å². The van der Waals surface area contributed by atoms with E-state index in [1.165, 1.54) is 46.2 Å². The van der Waals surface area contributed by atoms with Gasteiger partial charge in [-0.25, -0.2) is 47.7 Å². The van der Waals surface area contributed by atoms with Gasteiger partial charge in [-0.1, -0.05) is 66.7 Å². The van der Waals surface area contributed by atoms with Gasteiger partial charge < -0.3 is 44.4 Å². The number of para-hydroxylation sites is 1. The van der Waals surface area contributed by atoms with Crippen LogP contribution in [-0.4, -0.2) is 125 Å². The van der Waals surface area contributed by atoms with Gasteiger partial charge >= 0.3 is 12.8 Å². The molecule has 31 heteroatoms. The molecule has 5 aromatic heterocycles. The fourth-order valence-corrected chi connectivity index (χ4v) is 15.0. The van der Waals surface area contributed by atoms with E-state index >= 15 is 13.3 Å². The highest BCUT2D eigenvalue weighted by Gasteiger charge is 2.55. The van der Waals surface area contributed by atoms with Gasteiger partial charge in [0, 0.05) is 29.5 Å². The van der Waals surface area contributed by atoms with Crippen molar-refractivity contribution in [1.29, 1.82) is 0 Å². The Balaban J connectivity index is 0.689. The number of fused-ring (bicyclic) bond motifs is 9. The number of imidazole rings is 2. The van der Waals surface area contributed by atoms with Crippen molar-refractivity contribution in [2.24, 2.45) is 0 Å². The third kappa shape index (κ3) is 11.0. The van der Waals surface area contributed by atoms with Crippen molar-refractivity contribution in [2.75, 3.05) is 36.2 Å². The van der Waals surface area contributed by atoms with Gasteiger partial charge in [-0.3, -0.25) is 27.5 Å². The predicted molar refractivity (Wildman–Crippen MR) is 309 cm³/mol.